The molecule has 1 saturated carbocycles. The third-order valence-corrected chi connectivity index (χ3v) is 4.63. The molecular formula is C14H16ClNO2. The molecular weight excluding hydrogens is 250 g/mol. The second-order valence-corrected chi connectivity index (χ2v) is 6.33. The van der Waals surface area contributed by atoms with Gasteiger partial charge in [0.15, 0.2) is 5.58 Å². The van der Waals surface area contributed by atoms with Gasteiger partial charge in [0.2, 0.25) is 0 Å². The van der Waals surface area contributed by atoms with Gasteiger partial charge in [0.05, 0.1) is 10.9 Å². The van der Waals surface area contributed by atoms with Gasteiger partial charge in [-0.15, -0.1) is 11.6 Å². The number of oxazole rings is 1. The molecule has 18 heavy (non-hydrogen) atoms. The first-order chi connectivity index (χ1) is 8.40. The third kappa shape index (κ3) is 1.69. The zero-order valence-corrected chi connectivity index (χ0v) is 11.5. The van der Waals surface area contributed by atoms with Crippen LogP contribution in [-0.2, 0) is 7.05 Å². The normalized spacial score (nSPS) is 23.2. The molecule has 96 valence electrons. The van der Waals surface area contributed by atoms with Gasteiger partial charge in [-0.05, 0) is 35.4 Å². The van der Waals surface area contributed by atoms with Crippen LogP contribution in [0.2, 0.25) is 0 Å². The summed E-state index contributed by atoms with van der Waals surface area (Å²) in [6.45, 7) is 4.46. The number of hydrogen-bond acceptors (Lipinski definition) is 2. The fourth-order valence-electron chi connectivity index (χ4n) is 2.56. The van der Waals surface area contributed by atoms with Gasteiger partial charge >= 0.3 is 5.76 Å². The van der Waals surface area contributed by atoms with Gasteiger partial charge in [0.1, 0.15) is 0 Å². The Morgan fingerprint density at radius 1 is 1.50 bits per heavy atom. The van der Waals surface area contributed by atoms with Crippen LogP contribution < -0.4 is 5.76 Å². The molecule has 1 fully saturated rings. The molecule has 2 unspecified atom stereocenters. The van der Waals surface area contributed by atoms with Gasteiger partial charge in [-0.3, -0.25) is 4.57 Å². The SMILES string of the molecule is Cn1c(=O)oc2cc(C(Cl)C3CC3(C)C)ccc21. The van der Waals surface area contributed by atoms with Crippen molar-refractivity contribution < 1.29 is 4.42 Å². The van der Waals surface area contributed by atoms with E-state index in [2.05, 4.69) is 13.8 Å². The number of halogens is 1. The van der Waals surface area contributed by atoms with Crippen molar-refractivity contribution in [1.29, 1.82) is 0 Å². The van der Waals surface area contributed by atoms with Crippen LogP contribution in [0.1, 0.15) is 31.2 Å². The molecule has 3 rings (SSSR count). The van der Waals surface area contributed by atoms with Crippen molar-refractivity contribution >= 4 is 22.7 Å². The van der Waals surface area contributed by atoms with Crippen LogP contribution in [0.4, 0.5) is 0 Å². The molecule has 1 aliphatic carbocycles. The average molecular weight is 266 g/mol. The fourth-order valence-corrected chi connectivity index (χ4v) is 3.13. The molecule has 0 spiro atoms. The van der Waals surface area contributed by atoms with Crippen molar-refractivity contribution in [2.45, 2.75) is 25.6 Å². The number of fused-ring (bicyclic) bond motifs is 1. The standard InChI is InChI=1S/C14H16ClNO2/c1-14(2)7-9(14)12(15)8-4-5-10-11(6-8)18-13(17)16(10)3/h4-6,9,12H,7H2,1-3H3. The maximum Gasteiger partial charge on any atom is 0.419 e. The van der Waals surface area contributed by atoms with E-state index in [0.717, 1.165) is 17.5 Å². The maximum absolute atomic E-state index is 11.4. The first kappa shape index (κ1) is 11.8. The number of aryl methyl sites for hydroxylation is 1. The Kier molecular flexibility index (Phi) is 2.39. The van der Waals surface area contributed by atoms with Gasteiger partial charge in [-0.25, -0.2) is 4.79 Å². The Morgan fingerprint density at radius 2 is 2.17 bits per heavy atom. The van der Waals surface area contributed by atoms with Crippen LogP contribution in [0.25, 0.3) is 11.1 Å². The lowest BCUT2D eigenvalue weighted by atomic mass is 10.0. The molecule has 1 aliphatic rings. The highest BCUT2D eigenvalue weighted by molar-refractivity contribution is 6.21. The molecule has 1 aromatic carbocycles. The summed E-state index contributed by atoms with van der Waals surface area (Å²) in [6.07, 6.45) is 1.15. The number of rotatable bonds is 2. The summed E-state index contributed by atoms with van der Waals surface area (Å²) in [6, 6.07) is 5.78. The molecule has 0 amide bonds. The van der Waals surface area contributed by atoms with E-state index in [1.54, 1.807) is 7.05 Å². The van der Waals surface area contributed by atoms with Crippen LogP contribution in [0.15, 0.2) is 27.4 Å². The van der Waals surface area contributed by atoms with Gasteiger partial charge in [0.25, 0.3) is 0 Å². The highest BCUT2D eigenvalue weighted by Gasteiger charge is 2.50. The van der Waals surface area contributed by atoms with Gasteiger partial charge < -0.3 is 4.42 Å². The minimum Gasteiger partial charge on any atom is -0.408 e. The molecule has 0 N–H and O–H groups in total. The quantitative estimate of drug-likeness (QED) is 0.780. The number of hydrogen-bond donors (Lipinski definition) is 0. The molecule has 4 heteroatoms. The van der Waals surface area contributed by atoms with Crippen molar-refractivity contribution in [2.75, 3.05) is 0 Å². The van der Waals surface area contributed by atoms with Crippen LogP contribution in [-0.4, -0.2) is 4.57 Å². The topological polar surface area (TPSA) is 35.1 Å². The average Bonchev–Trinajstić information content (AvgIpc) is 2.86. The van der Waals surface area contributed by atoms with E-state index >= 15 is 0 Å². The largest absolute Gasteiger partial charge is 0.419 e. The van der Waals surface area contributed by atoms with E-state index in [4.69, 9.17) is 16.0 Å². The van der Waals surface area contributed by atoms with E-state index in [-0.39, 0.29) is 11.1 Å². The predicted molar refractivity (Wildman–Crippen MR) is 71.9 cm³/mol. The Balaban J connectivity index is 2.01. The Morgan fingerprint density at radius 3 is 2.78 bits per heavy atom. The van der Waals surface area contributed by atoms with Gasteiger partial charge in [-0.1, -0.05) is 19.9 Å². The predicted octanol–water partition coefficient (Wildman–Crippen LogP) is 3.46. The highest BCUT2D eigenvalue weighted by Crippen LogP contribution is 2.59. The Bertz CT molecular complexity index is 668. The second kappa shape index (κ2) is 3.64. The zero-order chi connectivity index (χ0) is 13.1. The van der Waals surface area contributed by atoms with Gasteiger partial charge in [0, 0.05) is 7.05 Å². The van der Waals surface area contributed by atoms with Crippen LogP contribution >= 0.6 is 11.6 Å². The molecule has 1 aromatic heterocycles. The van der Waals surface area contributed by atoms with Crippen molar-refractivity contribution in [2.24, 2.45) is 18.4 Å². The lowest BCUT2D eigenvalue weighted by Gasteiger charge is -2.11. The molecule has 2 aromatic rings. The molecule has 2 atom stereocenters. The summed E-state index contributed by atoms with van der Waals surface area (Å²) in [7, 11) is 1.70. The third-order valence-electron chi connectivity index (χ3n) is 4.08. The summed E-state index contributed by atoms with van der Waals surface area (Å²) in [5.41, 5.74) is 2.79. The van der Waals surface area contributed by atoms with Crippen molar-refractivity contribution in [3.63, 3.8) is 0 Å². The zero-order valence-electron chi connectivity index (χ0n) is 10.7. The van der Waals surface area contributed by atoms with E-state index in [9.17, 15) is 4.79 Å². The number of aromatic nitrogens is 1. The van der Waals surface area contributed by atoms with Crippen molar-refractivity contribution in [3.8, 4) is 0 Å². The first-order valence-electron chi connectivity index (χ1n) is 6.14. The summed E-state index contributed by atoms with van der Waals surface area (Å²) in [5.74, 6) is 0.173. The Labute approximate surface area is 110 Å². The summed E-state index contributed by atoms with van der Waals surface area (Å²) in [5, 5.41) is -0.00471. The fraction of sp³-hybridized carbons (Fsp3) is 0.500. The van der Waals surface area contributed by atoms with Gasteiger partial charge in [-0.2, -0.15) is 0 Å². The lowest BCUT2D eigenvalue weighted by Crippen LogP contribution is -2.08. The second-order valence-electron chi connectivity index (χ2n) is 5.86. The lowest BCUT2D eigenvalue weighted by molar-refractivity contribution is 0.526. The van der Waals surface area contributed by atoms with Crippen LogP contribution in [0.3, 0.4) is 0 Å². The van der Waals surface area contributed by atoms with E-state index in [1.165, 1.54) is 4.57 Å². The smallest absolute Gasteiger partial charge is 0.408 e. The van der Waals surface area contributed by atoms with E-state index in [1.807, 2.05) is 18.2 Å². The molecule has 3 nitrogen and oxygen atoms in total. The molecule has 1 heterocycles. The maximum atomic E-state index is 11.4. The summed E-state index contributed by atoms with van der Waals surface area (Å²) in [4.78, 5) is 11.4. The summed E-state index contributed by atoms with van der Waals surface area (Å²) >= 11 is 6.51. The minimum absolute atomic E-state index is 0.00471. The molecule has 0 bridgehead atoms. The van der Waals surface area contributed by atoms with E-state index in [0.29, 0.717) is 16.9 Å². The molecule has 0 radical (unpaired) electrons. The number of alkyl halides is 1. The number of benzene rings is 1. The monoisotopic (exact) mass is 265 g/mol. The molecule has 0 aliphatic heterocycles. The minimum atomic E-state index is -0.333. The molecule has 0 saturated heterocycles. The van der Waals surface area contributed by atoms with Crippen molar-refractivity contribution in [3.05, 3.63) is 34.3 Å². The van der Waals surface area contributed by atoms with Crippen LogP contribution in [0.5, 0.6) is 0 Å². The number of nitrogens with zero attached hydrogens (tertiary/aromatic N) is 1. The van der Waals surface area contributed by atoms with Crippen molar-refractivity contribution in [1.82, 2.24) is 4.57 Å². The van der Waals surface area contributed by atoms with Crippen LogP contribution in [0, 0.1) is 11.3 Å². The highest BCUT2D eigenvalue weighted by atomic mass is 35.5. The van der Waals surface area contributed by atoms with E-state index < -0.39 is 0 Å². The first-order valence-corrected chi connectivity index (χ1v) is 6.57. The Hall–Kier alpha value is -1.22. The summed E-state index contributed by atoms with van der Waals surface area (Å²) < 4.78 is 6.69.